The minimum absolute atomic E-state index is 0.00305. The van der Waals surface area contributed by atoms with Crippen molar-refractivity contribution in [2.24, 2.45) is 0 Å². The average molecular weight is 749 g/mol. The van der Waals surface area contributed by atoms with Crippen molar-refractivity contribution in [2.45, 2.75) is 31.7 Å². The molecule has 0 saturated heterocycles. The fourth-order valence-electron chi connectivity index (χ4n) is 8.45. The Morgan fingerprint density at radius 1 is 0.500 bits per heavy atom. The van der Waals surface area contributed by atoms with Gasteiger partial charge in [-0.1, -0.05) is 189 Å². The van der Waals surface area contributed by atoms with Gasteiger partial charge in [0, 0.05) is 34.1 Å². The zero-order chi connectivity index (χ0) is 39.0. The predicted octanol–water partition coefficient (Wildman–Crippen LogP) is 12.2. The van der Waals surface area contributed by atoms with E-state index in [-0.39, 0.29) is 17.9 Å². The van der Waals surface area contributed by atoms with Crippen molar-refractivity contribution in [3.63, 3.8) is 0 Å². The minimum atomic E-state index is -0.107. The number of rotatable bonds is 8. The number of aromatic nitrogens is 5. The molecule has 3 atom stereocenters. The van der Waals surface area contributed by atoms with Crippen molar-refractivity contribution >= 4 is 11.6 Å². The van der Waals surface area contributed by atoms with Gasteiger partial charge in [-0.2, -0.15) is 9.97 Å². The lowest BCUT2D eigenvalue weighted by Gasteiger charge is -2.28. The first kappa shape index (κ1) is 35.1. The van der Waals surface area contributed by atoms with Crippen LogP contribution in [0.1, 0.15) is 41.3 Å². The lowest BCUT2D eigenvalue weighted by molar-refractivity contribution is 0.728. The molecule has 1 aliphatic carbocycles. The van der Waals surface area contributed by atoms with E-state index in [2.05, 4.69) is 158 Å². The summed E-state index contributed by atoms with van der Waals surface area (Å²) >= 11 is 0. The lowest BCUT2D eigenvalue weighted by atomic mass is 9.86. The SMILES string of the molecule is Cc1c(-c2ccccc2[C@@H](C)c2nc(-c3ccccc3)cc(-c3ccccc3)n2)ccc2c1N(c1nc(-c3ccccc3)nc(-c3ccccc3)n1)C1C=CC=CC21. The number of fused-ring (bicyclic) bond motifs is 3. The van der Waals surface area contributed by atoms with Gasteiger partial charge in [0.1, 0.15) is 5.82 Å². The molecule has 3 heterocycles. The number of hydrogen-bond donors (Lipinski definition) is 0. The van der Waals surface area contributed by atoms with E-state index in [1.807, 2.05) is 48.5 Å². The first-order chi connectivity index (χ1) is 28.6. The van der Waals surface area contributed by atoms with Crippen LogP contribution in [0, 0.1) is 6.92 Å². The fraction of sp³-hybridized carbons (Fsp3) is 0.0962. The van der Waals surface area contributed by atoms with E-state index in [1.54, 1.807) is 0 Å². The van der Waals surface area contributed by atoms with Crippen LogP contribution in [0.4, 0.5) is 11.6 Å². The van der Waals surface area contributed by atoms with Gasteiger partial charge in [0.2, 0.25) is 5.95 Å². The first-order valence-electron chi connectivity index (χ1n) is 19.8. The number of benzene rings is 6. The third kappa shape index (κ3) is 6.39. The molecule has 278 valence electrons. The molecule has 6 aromatic carbocycles. The molecule has 1 aliphatic heterocycles. The van der Waals surface area contributed by atoms with Gasteiger partial charge in [-0.05, 0) is 40.8 Å². The van der Waals surface area contributed by atoms with Crippen LogP contribution in [0.2, 0.25) is 0 Å². The Hall–Kier alpha value is -7.31. The predicted molar refractivity (Wildman–Crippen MR) is 235 cm³/mol. The molecule has 0 saturated carbocycles. The Balaban J connectivity index is 1.12. The zero-order valence-corrected chi connectivity index (χ0v) is 32.3. The second kappa shape index (κ2) is 15.0. The van der Waals surface area contributed by atoms with Gasteiger partial charge in [-0.15, -0.1) is 0 Å². The van der Waals surface area contributed by atoms with Gasteiger partial charge in [0.05, 0.1) is 23.1 Å². The number of nitrogens with zero attached hydrogens (tertiary/aromatic N) is 6. The molecule has 8 aromatic rings. The highest BCUT2D eigenvalue weighted by molar-refractivity contribution is 5.85. The Kier molecular flexibility index (Phi) is 9.07. The monoisotopic (exact) mass is 748 g/mol. The van der Waals surface area contributed by atoms with E-state index in [0.717, 1.165) is 61.8 Å². The fourth-order valence-corrected chi connectivity index (χ4v) is 8.45. The highest BCUT2D eigenvalue weighted by Crippen LogP contribution is 2.51. The van der Waals surface area contributed by atoms with Gasteiger partial charge >= 0.3 is 0 Å². The summed E-state index contributed by atoms with van der Waals surface area (Å²) in [5.74, 6) is 2.73. The van der Waals surface area contributed by atoms with E-state index in [1.165, 1.54) is 11.1 Å². The summed E-state index contributed by atoms with van der Waals surface area (Å²) in [6.45, 7) is 4.46. The molecule has 0 radical (unpaired) electrons. The Morgan fingerprint density at radius 2 is 1.02 bits per heavy atom. The second-order valence-corrected chi connectivity index (χ2v) is 14.9. The Labute approximate surface area is 339 Å². The van der Waals surface area contributed by atoms with E-state index >= 15 is 0 Å². The number of hydrogen-bond acceptors (Lipinski definition) is 6. The summed E-state index contributed by atoms with van der Waals surface area (Å²) in [6.07, 6.45) is 8.87. The van der Waals surface area contributed by atoms with E-state index in [0.29, 0.717) is 17.6 Å². The maximum Gasteiger partial charge on any atom is 0.234 e. The molecule has 10 rings (SSSR count). The highest BCUT2D eigenvalue weighted by atomic mass is 15.3. The molecule has 0 N–H and O–H groups in total. The van der Waals surface area contributed by atoms with Crippen molar-refractivity contribution in [1.29, 1.82) is 0 Å². The number of allylic oxidation sites excluding steroid dienone is 2. The third-order valence-corrected chi connectivity index (χ3v) is 11.4. The standard InChI is InChI=1S/C52H40N6/c1-34-41(42-28-16-15-27-40(42)35(2)49-53-45(36-19-7-3-8-20-36)33-46(54-49)37-21-9-4-10-22-37)31-32-44-43-29-17-18-30-47(43)58(48(34)44)52-56-50(38-23-11-5-12-24-38)55-51(57-52)39-25-13-6-14-26-39/h3-33,35,43,47H,1-2H3/t35-,43?,47?/m1/s1. The smallest absolute Gasteiger partial charge is 0.234 e. The van der Waals surface area contributed by atoms with Gasteiger partial charge in [0.25, 0.3) is 0 Å². The molecule has 0 bridgehead atoms. The van der Waals surface area contributed by atoms with E-state index in [4.69, 9.17) is 24.9 Å². The van der Waals surface area contributed by atoms with Crippen LogP contribution >= 0.6 is 0 Å². The molecule has 6 heteroatoms. The van der Waals surface area contributed by atoms with Crippen molar-refractivity contribution in [2.75, 3.05) is 4.90 Å². The summed E-state index contributed by atoms with van der Waals surface area (Å²) in [5.41, 5.74) is 12.8. The topological polar surface area (TPSA) is 67.7 Å². The van der Waals surface area contributed by atoms with E-state index in [9.17, 15) is 0 Å². The Bertz CT molecular complexity index is 2700. The van der Waals surface area contributed by atoms with Crippen LogP contribution < -0.4 is 4.90 Å². The van der Waals surface area contributed by atoms with Gasteiger partial charge in [-0.25, -0.2) is 15.0 Å². The second-order valence-electron chi connectivity index (χ2n) is 14.9. The summed E-state index contributed by atoms with van der Waals surface area (Å²) in [4.78, 5) is 28.3. The molecule has 0 fully saturated rings. The van der Waals surface area contributed by atoms with Crippen LogP contribution in [0.15, 0.2) is 188 Å². The molecule has 0 spiro atoms. The summed E-state index contributed by atoms with van der Waals surface area (Å²) in [5, 5.41) is 0. The van der Waals surface area contributed by atoms with Gasteiger partial charge in [0.15, 0.2) is 11.6 Å². The lowest BCUT2D eigenvalue weighted by Crippen LogP contribution is -2.30. The first-order valence-corrected chi connectivity index (χ1v) is 19.8. The third-order valence-electron chi connectivity index (χ3n) is 11.4. The molecule has 58 heavy (non-hydrogen) atoms. The van der Waals surface area contributed by atoms with Crippen molar-refractivity contribution in [1.82, 2.24) is 24.9 Å². The maximum atomic E-state index is 5.23. The normalized spacial score (nSPS) is 15.9. The Morgan fingerprint density at radius 3 is 1.60 bits per heavy atom. The highest BCUT2D eigenvalue weighted by Gasteiger charge is 2.41. The molecule has 2 unspecified atom stereocenters. The molecule has 0 amide bonds. The summed E-state index contributed by atoms with van der Waals surface area (Å²) in [6, 6.07) is 56.5. The molecular weight excluding hydrogens is 709 g/mol. The van der Waals surface area contributed by atoms with Crippen LogP contribution in [-0.4, -0.2) is 31.0 Å². The number of anilines is 2. The maximum absolute atomic E-state index is 5.23. The van der Waals surface area contributed by atoms with Crippen molar-refractivity contribution in [3.8, 4) is 56.4 Å². The minimum Gasteiger partial charge on any atom is -0.302 e. The molecule has 2 aromatic heterocycles. The van der Waals surface area contributed by atoms with Crippen LogP contribution in [0.3, 0.4) is 0 Å². The van der Waals surface area contributed by atoms with Crippen molar-refractivity contribution in [3.05, 3.63) is 211 Å². The van der Waals surface area contributed by atoms with Gasteiger partial charge in [-0.3, -0.25) is 0 Å². The molecule has 6 nitrogen and oxygen atoms in total. The van der Waals surface area contributed by atoms with Crippen molar-refractivity contribution < 1.29 is 0 Å². The summed E-state index contributed by atoms with van der Waals surface area (Å²) < 4.78 is 0. The van der Waals surface area contributed by atoms with Crippen LogP contribution in [-0.2, 0) is 0 Å². The quantitative estimate of drug-likeness (QED) is 0.154. The molecule has 2 aliphatic rings. The van der Waals surface area contributed by atoms with Crippen LogP contribution in [0.5, 0.6) is 0 Å². The van der Waals surface area contributed by atoms with Crippen LogP contribution in [0.25, 0.3) is 56.4 Å². The largest absolute Gasteiger partial charge is 0.302 e. The zero-order valence-electron chi connectivity index (χ0n) is 32.3. The van der Waals surface area contributed by atoms with E-state index < -0.39 is 0 Å². The molecular formula is C52H40N6. The summed E-state index contributed by atoms with van der Waals surface area (Å²) in [7, 11) is 0. The van der Waals surface area contributed by atoms with Gasteiger partial charge < -0.3 is 4.90 Å². The average Bonchev–Trinajstić information content (AvgIpc) is 3.65.